The van der Waals surface area contributed by atoms with Crippen LogP contribution >= 0.6 is 12.8 Å². The van der Waals surface area contributed by atoms with Gasteiger partial charge in [0.1, 0.15) is 0 Å². The Kier molecular flexibility index (Phi) is 5.05. The molecule has 16 heavy (non-hydrogen) atoms. The van der Waals surface area contributed by atoms with Crippen LogP contribution in [0, 0.1) is 0 Å². The average molecular weight is 235 g/mol. The number of hydrogen-bond acceptors (Lipinski definition) is 4. The predicted molar refractivity (Wildman–Crippen MR) is 75.3 cm³/mol. The van der Waals surface area contributed by atoms with E-state index in [0.29, 0.717) is 6.04 Å². The molecule has 0 aliphatic carbocycles. The van der Waals surface area contributed by atoms with E-state index in [2.05, 4.69) is 41.4 Å². The number of anilines is 1. The van der Waals surface area contributed by atoms with Crippen LogP contribution in [0.5, 0.6) is 0 Å². The molecular weight excluding hydrogens is 218 g/mol. The molecule has 0 unspecified atom stereocenters. The molecule has 0 saturated heterocycles. The lowest BCUT2D eigenvalue weighted by atomic mass is 10.1. The van der Waals surface area contributed by atoms with Gasteiger partial charge in [0.15, 0.2) is 0 Å². The molecule has 0 saturated carbocycles. The van der Waals surface area contributed by atoms with Crippen molar-refractivity contribution in [1.29, 1.82) is 0 Å². The molecule has 0 fully saturated rings. The monoisotopic (exact) mass is 235 g/mol. The summed E-state index contributed by atoms with van der Waals surface area (Å²) in [4.78, 5) is 4.36. The van der Waals surface area contributed by atoms with Gasteiger partial charge in [-0.1, -0.05) is 0 Å². The summed E-state index contributed by atoms with van der Waals surface area (Å²) in [5, 5.41) is 3.11. The molecule has 1 aromatic rings. The van der Waals surface area contributed by atoms with E-state index in [1.165, 1.54) is 0 Å². The van der Waals surface area contributed by atoms with Gasteiger partial charge in [-0.3, -0.25) is 4.99 Å². The largest absolute Gasteiger partial charge is 0.388 e. The van der Waals surface area contributed by atoms with E-state index < -0.39 is 0 Å². The van der Waals surface area contributed by atoms with Gasteiger partial charge in [0.2, 0.25) is 0 Å². The zero-order valence-electron chi connectivity index (χ0n) is 9.81. The molecule has 86 valence electrons. The molecule has 3 nitrogen and oxygen atoms in total. The Balaban J connectivity index is 3.04. The van der Waals surface area contributed by atoms with E-state index in [1.807, 2.05) is 31.5 Å². The van der Waals surface area contributed by atoms with Gasteiger partial charge < -0.3 is 5.32 Å². The van der Waals surface area contributed by atoms with Gasteiger partial charge in [-0.25, -0.2) is 4.40 Å². The van der Waals surface area contributed by atoms with Crippen molar-refractivity contribution in [2.24, 2.45) is 9.39 Å². The highest BCUT2D eigenvalue weighted by Gasteiger charge is 1.97. The van der Waals surface area contributed by atoms with Gasteiger partial charge in [-0.2, -0.15) is 0 Å². The van der Waals surface area contributed by atoms with Crippen LogP contribution in [0.3, 0.4) is 0 Å². The number of thiol groups is 1. The van der Waals surface area contributed by atoms with Crippen molar-refractivity contribution < 1.29 is 0 Å². The third-order valence-electron chi connectivity index (χ3n) is 1.99. The molecule has 4 heteroatoms. The molecular formula is C12H17N3S. The van der Waals surface area contributed by atoms with Gasteiger partial charge in [-0.05, 0) is 56.0 Å². The zero-order chi connectivity index (χ0) is 12.0. The van der Waals surface area contributed by atoms with Crippen LogP contribution in [0.1, 0.15) is 25.0 Å². The molecule has 0 aliphatic rings. The molecule has 0 radical (unpaired) electrons. The van der Waals surface area contributed by atoms with Gasteiger partial charge >= 0.3 is 0 Å². The molecule has 0 aliphatic heterocycles. The van der Waals surface area contributed by atoms with Crippen LogP contribution < -0.4 is 5.32 Å². The summed E-state index contributed by atoms with van der Waals surface area (Å²) in [7, 11) is 1.89. The lowest BCUT2D eigenvalue weighted by Crippen LogP contribution is -1.95. The number of aliphatic imine (C=N–C) groups is 1. The Hall–Kier alpha value is -1.29. The molecule has 1 aromatic carbocycles. The van der Waals surface area contributed by atoms with Crippen molar-refractivity contribution in [2.75, 3.05) is 12.4 Å². The second-order valence-electron chi connectivity index (χ2n) is 3.75. The molecule has 0 aromatic heterocycles. The van der Waals surface area contributed by atoms with Gasteiger partial charge in [0.05, 0.1) is 0 Å². The van der Waals surface area contributed by atoms with Crippen LogP contribution in [0.25, 0.3) is 0 Å². The van der Waals surface area contributed by atoms with E-state index in [4.69, 9.17) is 0 Å². The fraction of sp³-hybridized carbons (Fsp3) is 0.333. The highest BCUT2D eigenvalue weighted by molar-refractivity contribution is 7.79. The summed E-state index contributed by atoms with van der Waals surface area (Å²) in [6.07, 6.45) is 3.58. The fourth-order valence-electron chi connectivity index (χ4n) is 1.27. The second-order valence-corrected chi connectivity index (χ2v) is 3.99. The Morgan fingerprint density at radius 2 is 1.81 bits per heavy atom. The standard InChI is InChI=1S/C12H17N3S/c1-9(2)14-7-10-4-11(8-15-16)6-12(5-10)13-3/h4-9,13,16H,1-3H3/b14-7+,15-8+. The number of hydrogen-bond donors (Lipinski definition) is 2. The van der Waals surface area contributed by atoms with E-state index in [9.17, 15) is 0 Å². The highest BCUT2D eigenvalue weighted by Crippen LogP contribution is 2.12. The van der Waals surface area contributed by atoms with Crippen molar-refractivity contribution in [3.8, 4) is 0 Å². The minimum absolute atomic E-state index is 0.306. The topological polar surface area (TPSA) is 36.8 Å². The van der Waals surface area contributed by atoms with Gasteiger partial charge in [-0.15, -0.1) is 0 Å². The van der Waals surface area contributed by atoms with E-state index >= 15 is 0 Å². The molecule has 0 spiro atoms. The summed E-state index contributed by atoms with van der Waals surface area (Å²) >= 11 is 3.83. The van der Waals surface area contributed by atoms with Crippen molar-refractivity contribution in [3.63, 3.8) is 0 Å². The second kappa shape index (κ2) is 6.33. The maximum atomic E-state index is 4.36. The van der Waals surface area contributed by atoms with Crippen molar-refractivity contribution in [2.45, 2.75) is 19.9 Å². The number of rotatable bonds is 4. The fourth-order valence-corrected chi connectivity index (χ4v) is 1.41. The van der Waals surface area contributed by atoms with E-state index in [1.54, 1.807) is 6.21 Å². The third kappa shape index (κ3) is 4.06. The van der Waals surface area contributed by atoms with Crippen molar-refractivity contribution in [1.82, 2.24) is 0 Å². The normalized spacial score (nSPS) is 11.8. The maximum absolute atomic E-state index is 4.36. The number of nitrogens with one attached hydrogen (secondary N) is 1. The maximum Gasteiger partial charge on any atom is 0.0443 e. The van der Waals surface area contributed by atoms with Crippen molar-refractivity contribution >= 4 is 30.9 Å². The van der Waals surface area contributed by atoms with Crippen molar-refractivity contribution in [3.05, 3.63) is 29.3 Å². The summed E-state index contributed by atoms with van der Waals surface area (Å²) < 4.78 is 3.71. The summed E-state index contributed by atoms with van der Waals surface area (Å²) in [5.41, 5.74) is 3.10. The van der Waals surface area contributed by atoms with Crippen LogP contribution in [0.2, 0.25) is 0 Å². The van der Waals surface area contributed by atoms with E-state index in [-0.39, 0.29) is 0 Å². The number of nitrogens with zero attached hydrogens (tertiary/aromatic N) is 2. The van der Waals surface area contributed by atoms with Crippen LogP contribution in [-0.4, -0.2) is 25.5 Å². The predicted octanol–water partition coefficient (Wildman–Crippen LogP) is 2.82. The molecule has 0 heterocycles. The quantitative estimate of drug-likeness (QED) is 0.611. The van der Waals surface area contributed by atoms with Crippen LogP contribution in [0.4, 0.5) is 5.69 Å². The Labute approximate surface area is 102 Å². The minimum Gasteiger partial charge on any atom is -0.388 e. The van der Waals surface area contributed by atoms with Crippen LogP contribution in [0.15, 0.2) is 27.6 Å². The van der Waals surface area contributed by atoms with Gasteiger partial charge in [0, 0.05) is 31.2 Å². The summed E-state index contributed by atoms with van der Waals surface area (Å²) in [6, 6.07) is 6.38. The van der Waals surface area contributed by atoms with Crippen LogP contribution in [-0.2, 0) is 0 Å². The Bertz CT molecular complexity index is 397. The first-order valence-corrected chi connectivity index (χ1v) is 5.59. The highest BCUT2D eigenvalue weighted by atomic mass is 32.1. The molecule has 0 atom stereocenters. The molecule has 1 rings (SSSR count). The lowest BCUT2D eigenvalue weighted by Gasteiger charge is -2.04. The first-order valence-electron chi connectivity index (χ1n) is 5.19. The smallest absolute Gasteiger partial charge is 0.0443 e. The first kappa shape index (κ1) is 12.8. The first-order chi connectivity index (χ1) is 7.65. The summed E-state index contributed by atoms with van der Waals surface area (Å²) in [6.45, 7) is 4.10. The zero-order valence-corrected chi connectivity index (χ0v) is 10.7. The lowest BCUT2D eigenvalue weighted by molar-refractivity contribution is 0.841. The van der Waals surface area contributed by atoms with E-state index in [0.717, 1.165) is 16.8 Å². The third-order valence-corrected chi connectivity index (χ3v) is 2.11. The summed E-state index contributed by atoms with van der Waals surface area (Å²) in [5.74, 6) is 0. The SMILES string of the molecule is CNc1cc(/C=N/S)cc(/C=N/C(C)C)c1. The minimum atomic E-state index is 0.306. The Morgan fingerprint density at radius 1 is 1.19 bits per heavy atom. The van der Waals surface area contributed by atoms with Gasteiger partial charge in [0.25, 0.3) is 0 Å². The molecule has 0 amide bonds. The average Bonchev–Trinajstić information content (AvgIpc) is 2.26. The molecule has 1 N–H and O–H groups in total. The molecule has 0 bridgehead atoms. The Morgan fingerprint density at radius 3 is 2.31 bits per heavy atom. The number of benzene rings is 1.